The summed E-state index contributed by atoms with van der Waals surface area (Å²) >= 11 is 7.79. The smallest absolute Gasteiger partial charge is 0.330 e. The Morgan fingerprint density at radius 1 is 1.10 bits per heavy atom. The van der Waals surface area contributed by atoms with Crippen molar-refractivity contribution in [2.24, 2.45) is 0 Å². The van der Waals surface area contributed by atoms with Crippen LogP contribution in [0.15, 0.2) is 30.7 Å². The SMILES string of the molecule is Nc1nc2c(-c3c(Cl)cc4c(N5CC6CCC(C5)N6C(=O)n5cnc(F)c5)nc(OC[C@@]56CCCN5C[C@H](F)C6)nc4c3F)ccc(F)c2s1. The molecule has 0 radical (unpaired) electrons. The van der Waals surface area contributed by atoms with Crippen LogP contribution in [-0.2, 0) is 0 Å². The van der Waals surface area contributed by atoms with Crippen LogP contribution in [0.4, 0.5) is 33.3 Å². The topological polar surface area (TPSA) is 119 Å². The number of nitrogens with zero attached hydrogens (tertiary/aromatic N) is 8. The van der Waals surface area contributed by atoms with Gasteiger partial charge in [-0.3, -0.25) is 9.47 Å². The number of rotatable bonds is 5. The van der Waals surface area contributed by atoms with Gasteiger partial charge in [0.05, 0.1) is 39.1 Å². The van der Waals surface area contributed by atoms with E-state index in [-0.39, 0.29) is 67.7 Å². The van der Waals surface area contributed by atoms with E-state index in [0.717, 1.165) is 47.8 Å². The van der Waals surface area contributed by atoms with Gasteiger partial charge < -0.3 is 20.3 Å². The minimum atomic E-state index is -0.963. The second-order valence-electron chi connectivity index (χ2n) is 13.5. The third-order valence-corrected chi connectivity index (χ3v) is 11.8. The lowest BCUT2D eigenvalue weighted by atomic mass is 9.95. The first-order valence-corrected chi connectivity index (χ1v) is 17.6. The summed E-state index contributed by atoms with van der Waals surface area (Å²) in [4.78, 5) is 36.4. The maximum absolute atomic E-state index is 17.0. The van der Waals surface area contributed by atoms with E-state index in [1.165, 1.54) is 12.1 Å². The number of piperazine rings is 1. The standard InChI is InChI=1S/C33H30ClF4N9O2S/c34-21-8-20-26(25(38)24(21)19-4-5-22(36)28-27(19)41-30(39)50-28)42-31(49-14-33-6-1-7-46(33)10-16(35)9-33)43-29(20)44-11-17-2-3-18(12-44)47(17)32(48)45-13-23(37)40-15-45/h4-5,8,13,15-18H,1-3,6-7,9-12,14H2,(H2,39,41)/t16-,17?,18?,33+/m1/s1. The summed E-state index contributed by atoms with van der Waals surface area (Å²) in [5.41, 5.74) is 5.75. The van der Waals surface area contributed by atoms with Crippen molar-refractivity contribution in [3.8, 4) is 17.1 Å². The summed E-state index contributed by atoms with van der Waals surface area (Å²) in [6.07, 6.45) is 4.66. The second kappa shape index (κ2) is 11.6. The summed E-state index contributed by atoms with van der Waals surface area (Å²) in [6.45, 7) is 1.95. The van der Waals surface area contributed by atoms with Crippen molar-refractivity contribution in [2.75, 3.05) is 43.4 Å². The van der Waals surface area contributed by atoms with Gasteiger partial charge in [0.1, 0.15) is 36.3 Å². The van der Waals surface area contributed by atoms with E-state index in [9.17, 15) is 18.0 Å². The number of hydrogen-bond donors (Lipinski definition) is 1. The molecule has 5 aromatic rings. The largest absolute Gasteiger partial charge is 0.461 e. The Morgan fingerprint density at radius 3 is 2.66 bits per heavy atom. The maximum atomic E-state index is 17.0. The lowest BCUT2D eigenvalue weighted by molar-refractivity contribution is 0.107. The highest BCUT2D eigenvalue weighted by molar-refractivity contribution is 7.22. The molecule has 11 nitrogen and oxygen atoms in total. The third-order valence-electron chi connectivity index (χ3n) is 10.6. The van der Waals surface area contributed by atoms with Crippen molar-refractivity contribution in [2.45, 2.75) is 55.9 Å². The van der Waals surface area contributed by atoms with Crippen molar-refractivity contribution in [1.82, 2.24) is 34.3 Å². The van der Waals surface area contributed by atoms with Crippen LogP contribution in [0.1, 0.15) is 32.1 Å². The monoisotopic (exact) mass is 727 g/mol. The molecule has 260 valence electrons. The maximum Gasteiger partial charge on any atom is 0.330 e. The van der Waals surface area contributed by atoms with Gasteiger partial charge in [0, 0.05) is 42.6 Å². The molecule has 17 heteroatoms. The van der Waals surface area contributed by atoms with Gasteiger partial charge in [0.15, 0.2) is 10.9 Å². The Kier molecular flexibility index (Phi) is 7.37. The first-order chi connectivity index (χ1) is 24.1. The fraction of sp³-hybridized carbons (Fsp3) is 0.424. The molecule has 50 heavy (non-hydrogen) atoms. The van der Waals surface area contributed by atoms with Gasteiger partial charge in [-0.2, -0.15) is 14.4 Å². The molecule has 2 N–H and O–H groups in total. The Balaban J connectivity index is 1.14. The van der Waals surface area contributed by atoms with Crippen molar-refractivity contribution in [3.05, 3.63) is 53.3 Å². The molecule has 4 aliphatic heterocycles. The molecule has 2 bridgehead atoms. The number of nitrogen functional groups attached to an aromatic ring is 1. The van der Waals surface area contributed by atoms with E-state index in [4.69, 9.17) is 27.1 Å². The molecule has 0 saturated carbocycles. The van der Waals surface area contributed by atoms with Gasteiger partial charge in [0.25, 0.3) is 0 Å². The molecule has 4 atom stereocenters. The number of thiazole rings is 1. The highest BCUT2D eigenvalue weighted by atomic mass is 35.5. The number of benzene rings is 2. The molecule has 3 aromatic heterocycles. The van der Waals surface area contributed by atoms with Crippen LogP contribution in [0, 0.1) is 17.6 Å². The van der Waals surface area contributed by atoms with Crippen LogP contribution < -0.4 is 15.4 Å². The predicted molar refractivity (Wildman–Crippen MR) is 180 cm³/mol. The summed E-state index contributed by atoms with van der Waals surface area (Å²) < 4.78 is 67.4. The van der Waals surface area contributed by atoms with Crippen LogP contribution in [0.3, 0.4) is 0 Å². The zero-order chi connectivity index (χ0) is 34.5. The van der Waals surface area contributed by atoms with Gasteiger partial charge >= 0.3 is 12.0 Å². The highest BCUT2D eigenvalue weighted by Crippen LogP contribution is 2.45. The first-order valence-electron chi connectivity index (χ1n) is 16.4. The fourth-order valence-corrected chi connectivity index (χ4v) is 9.54. The first kappa shape index (κ1) is 31.7. The molecule has 4 saturated heterocycles. The van der Waals surface area contributed by atoms with Crippen molar-refractivity contribution >= 4 is 61.0 Å². The highest BCUT2D eigenvalue weighted by Gasteiger charge is 2.50. The zero-order valence-corrected chi connectivity index (χ0v) is 28.0. The van der Waals surface area contributed by atoms with Gasteiger partial charge in [-0.25, -0.2) is 27.9 Å². The fourth-order valence-electron chi connectivity index (χ4n) is 8.48. The number of carbonyl (C=O) groups excluding carboxylic acids is 1. The predicted octanol–water partition coefficient (Wildman–Crippen LogP) is 6.03. The van der Waals surface area contributed by atoms with Crippen molar-refractivity contribution in [1.29, 1.82) is 0 Å². The molecular formula is C33H30ClF4N9O2S. The summed E-state index contributed by atoms with van der Waals surface area (Å²) in [7, 11) is 0. The summed E-state index contributed by atoms with van der Waals surface area (Å²) in [5.74, 6) is -1.69. The quantitative estimate of drug-likeness (QED) is 0.217. The van der Waals surface area contributed by atoms with Gasteiger partial charge in [-0.05, 0) is 50.4 Å². The molecule has 7 heterocycles. The lowest BCUT2D eigenvalue weighted by Gasteiger charge is -2.41. The number of alkyl halides is 1. The molecule has 2 aromatic carbocycles. The minimum Gasteiger partial charge on any atom is -0.461 e. The van der Waals surface area contributed by atoms with Crippen molar-refractivity contribution < 1.29 is 27.1 Å². The van der Waals surface area contributed by atoms with Crippen molar-refractivity contribution in [3.63, 3.8) is 0 Å². The minimum absolute atomic E-state index is 0.0234. The number of carbonyl (C=O) groups is 1. The number of imidazole rings is 1. The molecule has 2 unspecified atom stereocenters. The van der Waals surface area contributed by atoms with Crippen LogP contribution in [0.25, 0.3) is 32.2 Å². The Labute approximate surface area is 291 Å². The molecule has 4 fully saturated rings. The Morgan fingerprint density at radius 2 is 1.90 bits per heavy atom. The normalized spacial score (nSPS) is 24.9. The summed E-state index contributed by atoms with van der Waals surface area (Å²) in [6, 6.07) is 3.27. The molecule has 1 amide bonds. The number of amides is 1. The average molecular weight is 728 g/mol. The lowest BCUT2D eigenvalue weighted by Crippen LogP contribution is -2.57. The van der Waals surface area contributed by atoms with Crippen LogP contribution >= 0.6 is 22.9 Å². The molecule has 4 aliphatic rings. The second-order valence-corrected chi connectivity index (χ2v) is 15.0. The van der Waals surface area contributed by atoms with Gasteiger partial charge in [0.2, 0.25) is 5.95 Å². The van der Waals surface area contributed by atoms with E-state index >= 15 is 4.39 Å². The third kappa shape index (κ3) is 4.97. The molecule has 0 spiro atoms. The van der Waals surface area contributed by atoms with E-state index in [1.807, 2.05) is 4.90 Å². The molecule has 0 aliphatic carbocycles. The Bertz CT molecular complexity index is 2190. The Hall–Kier alpha value is -4.28. The number of anilines is 2. The number of hydrogen-bond acceptors (Lipinski definition) is 10. The number of nitrogens with two attached hydrogens (primary N) is 1. The zero-order valence-electron chi connectivity index (χ0n) is 26.5. The van der Waals surface area contributed by atoms with Crippen LogP contribution in [-0.4, -0.2) is 96.9 Å². The summed E-state index contributed by atoms with van der Waals surface area (Å²) in [5, 5.41) is 0.477. The van der Waals surface area contributed by atoms with E-state index in [1.54, 1.807) is 11.0 Å². The van der Waals surface area contributed by atoms with E-state index in [0.29, 0.717) is 50.1 Å². The molecule has 9 rings (SSSR count). The van der Waals surface area contributed by atoms with E-state index in [2.05, 4.69) is 19.9 Å². The van der Waals surface area contributed by atoms with Gasteiger partial charge in [-0.1, -0.05) is 22.9 Å². The molecular weight excluding hydrogens is 698 g/mol. The van der Waals surface area contributed by atoms with Crippen LogP contribution in [0.5, 0.6) is 6.01 Å². The number of ether oxygens (including phenoxy) is 1. The van der Waals surface area contributed by atoms with E-state index < -0.39 is 29.3 Å². The van der Waals surface area contributed by atoms with Gasteiger partial charge in [-0.15, -0.1) is 0 Å². The number of aromatic nitrogens is 5. The number of fused-ring (bicyclic) bond motifs is 5. The average Bonchev–Trinajstić information content (AvgIpc) is 3.89. The van der Waals surface area contributed by atoms with Crippen LogP contribution in [0.2, 0.25) is 5.02 Å². The number of halogens is 5.